The van der Waals surface area contributed by atoms with E-state index in [0.717, 1.165) is 41.8 Å². The Bertz CT molecular complexity index is 1220. The van der Waals surface area contributed by atoms with Gasteiger partial charge >= 0.3 is 0 Å². The number of fused-ring (bicyclic) bond motifs is 1. The van der Waals surface area contributed by atoms with E-state index < -0.39 is 0 Å². The van der Waals surface area contributed by atoms with E-state index in [-0.39, 0.29) is 0 Å². The van der Waals surface area contributed by atoms with Gasteiger partial charge in [0.15, 0.2) is 0 Å². The lowest BCUT2D eigenvalue weighted by molar-refractivity contribution is 0.123. The Balaban J connectivity index is 1.58. The van der Waals surface area contributed by atoms with Crippen LogP contribution in [0.2, 0.25) is 0 Å². The molecule has 6 heteroatoms. The Morgan fingerprint density at radius 1 is 1.06 bits per heavy atom. The van der Waals surface area contributed by atoms with Crippen LogP contribution in [-0.4, -0.2) is 41.3 Å². The van der Waals surface area contributed by atoms with Crippen LogP contribution in [-0.2, 0) is 11.2 Å². The first kappa shape index (κ1) is 19.5. The molecule has 1 saturated heterocycles. The third kappa shape index (κ3) is 3.94. The molecule has 0 unspecified atom stereocenters. The van der Waals surface area contributed by atoms with Crippen molar-refractivity contribution in [3.63, 3.8) is 0 Å². The van der Waals surface area contributed by atoms with E-state index in [4.69, 9.17) is 10.5 Å². The van der Waals surface area contributed by atoms with Crippen molar-refractivity contribution in [2.75, 3.05) is 36.9 Å². The van der Waals surface area contributed by atoms with Crippen molar-refractivity contribution >= 4 is 22.4 Å². The number of aromatic nitrogens is 3. The largest absolute Gasteiger partial charge is 0.382 e. The summed E-state index contributed by atoms with van der Waals surface area (Å²) in [4.78, 5) is 15.6. The van der Waals surface area contributed by atoms with Crippen molar-refractivity contribution in [1.29, 1.82) is 0 Å². The molecular formula is C25H25N5O. The van der Waals surface area contributed by atoms with Gasteiger partial charge in [0, 0.05) is 43.5 Å². The third-order valence-corrected chi connectivity index (χ3v) is 5.81. The number of nitrogens with two attached hydrogens (primary N) is 1. The Kier molecular flexibility index (Phi) is 5.22. The number of aryl methyl sites for hydroxylation is 1. The second kappa shape index (κ2) is 8.32. The van der Waals surface area contributed by atoms with Crippen LogP contribution >= 0.6 is 0 Å². The molecule has 2 N–H and O–H groups in total. The number of rotatable bonds is 4. The molecular weight excluding hydrogens is 386 g/mol. The van der Waals surface area contributed by atoms with E-state index in [0.29, 0.717) is 19.0 Å². The van der Waals surface area contributed by atoms with Crippen LogP contribution in [0.1, 0.15) is 16.8 Å². The van der Waals surface area contributed by atoms with Gasteiger partial charge in [0.05, 0.1) is 30.1 Å². The summed E-state index contributed by atoms with van der Waals surface area (Å²) >= 11 is 0. The molecule has 0 spiro atoms. The Morgan fingerprint density at radius 3 is 2.74 bits per heavy atom. The maximum Gasteiger partial charge on any atom is 0.147 e. The first-order chi connectivity index (χ1) is 15.2. The highest BCUT2D eigenvalue weighted by Gasteiger charge is 2.16. The molecule has 0 amide bonds. The van der Waals surface area contributed by atoms with Gasteiger partial charge in [0.1, 0.15) is 5.82 Å². The van der Waals surface area contributed by atoms with Gasteiger partial charge in [-0.3, -0.25) is 9.97 Å². The fourth-order valence-electron chi connectivity index (χ4n) is 4.30. The molecule has 31 heavy (non-hydrogen) atoms. The second-order valence-electron chi connectivity index (χ2n) is 7.88. The molecule has 0 aliphatic carbocycles. The fraction of sp³-hybridized carbons (Fsp3) is 0.240. The molecule has 0 bridgehead atoms. The molecule has 0 saturated carbocycles. The quantitative estimate of drug-likeness (QED) is 0.547. The molecule has 156 valence electrons. The normalized spacial score (nSPS) is 14.2. The monoisotopic (exact) mass is 411 g/mol. The van der Waals surface area contributed by atoms with Gasteiger partial charge < -0.3 is 15.4 Å². The molecule has 1 aliphatic heterocycles. The minimum absolute atomic E-state index is 0.571. The standard InChI is InChI=1S/C25H25N5O/c1-17-3-2-4-18(14-21-16-27-7-8-28-21)24(17)19-5-6-22-20(13-19)15-23(25(26)29-22)30-9-11-31-12-10-30/h2-8,13,15-16H,9-12,14H2,1H3,(H2,26,29). The lowest BCUT2D eigenvalue weighted by atomic mass is 9.92. The average molecular weight is 412 g/mol. The summed E-state index contributed by atoms with van der Waals surface area (Å²) in [7, 11) is 0. The predicted octanol–water partition coefficient (Wildman–Crippen LogP) is 4.01. The van der Waals surface area contributed by atoms with Crippen molar-refractivity contribution in [2.45, 2.75) is 13.3 Å². The van der Waals surface area contributed by atoms with Crippen LogP contribution in [0.5, 0.6) is 0 Å². The zero-order valence-electron chi connectivity index (χ0n) is 17.6. The maximum absolute atomic E-state index is 6.29. The van der Waals surface area contributed by atoms with Crippen molar-refractivity contribution < 1.29 is 4.74 Å². The summed E-state index contributed by atoms with van der Waals surface area (Å²) in [6.45, 7) is 5.24. The van der Waals surface area contributed by atoms with Crippen LogP contribution in [0.4, 0.5) is 11.5 Å². The molecule has 0 radical (unpaired) electrons. The topological polar surface area (TPSA) is 77.2 Å². The first-order valence-electron chi connectivity index (χ1n) is 10.6. The Hall–Kier alpha value is -3.51. The number of nitrogens with zero attached hydrogens (tertiary/aromatic N) is 4. The van der Waals surface area contributed by atoms with Crippen LogP contribution in [0.15, 0.2) is 61.1 Å². The molecule has 2 aromatic heterocycles. The van der Waals surface area contributed by atoms with Crippen molar-refractivity contribution in [2.24, 2.45) is 0 Å². The molecule has 1 aliphatic rings. The molecule has 2 aromatic carbocycles. The number of ether oxygens (including phenoxy) is 1. The first-order valence-corrected chi connectivity index (χ1v) is 10.6. The summed E-state index contributed by atoms with van der Waals surface area (Å²) < 4.78 is 5.49. The summed E-state index contributed by atoms with van der Waals surface area (Å²) in [6, 6.07) is 15.0. The minimum Gasteiger partial charge on any atom is -0.382 e. The van der Waals surface area contributed by atoms with E-state index in [2.05, 4.69) is 69.2 Å². The Labute approximate surface area is 181 Å². The van der Waals surface area contributed by atoms with Gasteiger partial charge in [-0.05, 0) is 47.4 Å². The fourth-order valence-corrected chi connectivity index (χ4v) is 4.30. The highest BCUT2D eigenvalue weighted by atomic mass is 16.5. The van der Waals surface area contributed by atoms with E-state index in [1.807, 2.05) is 6.20 Å². The van der Waals surface area contributed by atoms with E-state index in [1.54, 1.807) is 12.4 Å². The number of hydrogen-bond acceptors (Lipinski definition) is 6. The summed E-state index contributed by atoms with van der Waals surface area (Å²) in [5.41, 5.74) is 14.0. The molecule has 4 aromatic rings. The zero-order chi connectivity index (χ0) is 21.2. The van der Waals surface area contributed by atoms with Gasteiger partial charge in [-0.15, -0.1) is 0 Å². The third-order valence-electron chi connectivity index (χ3n) is 5.81. The number of benzene rings is 2. The number of morpholine rings is 1. The van der Waals surface area contributed by atoms with Crippen LogP contribution < -0.4 is 10.6 Å². The van der Waals surface area contributed by atoms with Crippen LogP contribution in [0, 0.1) is 6.92 Å². The Morgan fingerprint density at radius 2 is 1.94 bits per heavy atom. The maximum atomic E-state index is 6.29. The van der Waals surface area contributed by atoms with Crippen molar-refractivity contribution in [3.8, 4) is 11.1 Å². The van der Waals surface area contributed by atoms with E-state index in [1.165, 1.54) is 22.3 Å². The summed E-state index contributed by atoms with van der Waals surface area (Å²) in [5, 5.41) is 1.09. The SMILES string of the molecule is Cc1cccc(Cc2cnccn2)c1-c1ccc2nc(N)c(N3CCOCC3)cc2c1. The minimum atomic E-state index is 0.571. The molecule has 6 nitrogen and oxygen atoms in total. The van der Waals surface area contributed by atoms with Crippen LogP contribution in [0.3, 0.4) is 0 Å². The number of hydrogen-bond donors (Lipinski definition) is 1. The summed E-state index contributed by atoms with van der Waals surface area (Å²) in [6.07, 6.45) is 6.01. The number of anilines is 2. The predicted molar refractivity (Wildman–Crippen MR) is 124 cm³/mol. The molecule has 1 fully saturated rings. The average Bonchev–Trinajstić information content (AvgIpc) is 2.80. The van der Waals surface area contributed by atoms with Crippen LogP contribution in [0.25, 0.3) is 22.0 Å². The van der Waals surface area contributed by atoms with Crippen molar-refractivity contribution in [1.82, 2.24) is 15.0 Å². The molecule has 3 heterocycles. The smallest absolute Gasteiger partial charge is 0.147 e. The number of pyridine rings is 1. The zero-order valence-corrected chi connectivity index (χ0v) is 17.6. The number of nitrogen functional groups attached to an aromatic ring is 1. The van der Waals surface area contributed by atoms with Gasteiger partial charge in [0.25, 0.3) is 0 Å². The van der Waals surface area contributed by atoms with Gasteiger partial charge in [0.2, 0.25) is 0 Å². The second-order valence-corrected chi connectivity index (χ2v) is 7.88. The molecule has 0 atom stereocenters. The van der Waals surface area contributed by atoms with Gasteiger partial charge in [-0.1, -0.05) is 24.3 Å². The molecule has 5 rings (SSSR count). The summed E-state index contributed by atoms with van der Waals surface area (Å²) in [5.74, 6) is 0.571. The highest BCUT2D eigenvalue weighted by Crippen LogP contribution is 2.33. The van der Waals surface area contributed by atoms with Crippen molar-refractivity contribution in [3.05, 3.63) is 77.9 Å². The lowest BCUT2D eigenvalue weighted by Crippen LogP contribution is -2.36. The highest BCUT2D eigenvalue weighted by molar-refractivity contribution is 5.90. The van der Waals surface area contributed by atoms with Gasteiger partial charge in [-0.25, -0.2) is 4.98 Å². The van der Waals surface area contributed by atoms with E-state index >= 15 is 0 Å². The van der Waals surface area contributed by atoms with Gasteiger partial charge in [-0.2, -0.15) is 0 Å². The van der Waals surface area contributed by atoms with E-state index in [9.17, 15) is 0 Å². The lowest BCUT2D eigenvalue weighted by Gasteiger charge is -2.29.